The van der Waals surface area contributed by atoms with Crippen molar-refractivity contribution in [2.24, 2.45) is 0 Å². The molecule has 1 unspecified atom stereocenters. The molecule has 0 aromatic heterocycles. The van der Waals surface area contributed by atoms with Crippen LogP contribution in [0.3, 0.4) is 0 Å². The standard InChI is InChI=1S/C5H9NO3/c1-4-2-9-5(8)6(4)3-7/h4,7H,2-3H2,1H3. The fourth-order valence-corrected chi connectivity index (χ4v) is 0.742. The predicted octanol–water partition coefficient (Wildman–Crippen LogP) is -0.223. The number of hydrogen-bond donors (Lipinski definition) is 1. The Morgan fingerprint density at radius 2 is 2.67 bits per heavy atom. The van der Waals surface area contributed by atoms with Crippen molar-refractivity contribution >= 4 is 6.09 Å². The van der Waals surface area contributed by atoms with Crippen LogP contribution in [0.5, 0.6) is 0 Å². The maximum Gasteiger partial charge on any atom is 0.412 e. The molecule has 9 heavy (non-hydrogen) atoms. The zero-order valence-corrected chi connectivity index (χ0v) is 5.20. The number of carbonyl (C=O) groups is 1. The lowest BCUT2D eigenvalue weighted by atomic mass is 10.4. The van der Waals surface area contributed by atoms with Crippen molar-refractivity contribution in [3.63, 3.8) is 0 Å². The van der Waals surface area contributed by atoms with Gasteiger partial charge in [-0.3, -0.25) is 4.90 Å². The van der Waals surface area contributed by atoms with Crippen molar-refractivity contribution in [1.82, 2.24) is 4.90 Å². The van der Waals surface area contributed by atoms with E-state index in [4.69, 9.17) is 5.11 Å². The zero-order valence-electron chi connectivity index (χ0n) is 5.20. The number of cyclic esters (lactones) is 1. The molecule has 1 rings (SSSR count). The number of aliphatic hydroxyl groups excluding tert-OH is 1. The molecule has 52 valence electrons. The summed E-state index contributed by atoms with van der Waals surface area (Å²) in [6.07, 6.45) is -0.426. The molecule has 4 heteroatoms. The minimum absolute atomic E-state index is 0.0162. The Morgan fingerprint density at radius 1 is 2.00 bits per heavy atom. The second kappa shape index (κ2) is 2.23. The molecule has 0 saturated carbocycles. The van der Waals surface area contributed by atoms with E-state index in [0.717, 1.165) is 0 Å². The summed E-state index contributed by atoms with van der Waals surface area (Å²) in [5, 5.41) is 8.53. The van der Waals surface area contributed by atoms with E-state index < -0.39 is 6.09 Å². The van der Waals surface area contributed by atoms with Gasteiger partial charge in [-0.25, -0.2) is 4.79 Å². The molecule has 0 spiro atoms. The van der Waals surface area contributed by atoms with E-state index in [-0.39, 0.29) is 12.8 Å². The van der Waals surface area contributed by atoms with Gasteiger partial charge in [0.2, 0.25) is 0 Å². The second-order valence-electron chi connectivity index (χ2n) is 2.04. The summed E-state index contributed by atoms with van der Waals surface area (Å²) >= 11 is 0. The van der Waals surface area contributed by atoms with Crippen LogP contribution in [-0.4, -0.2) is 35.5 Å². The monoisotopic (exact) mass is 131 g/mol. The number of hydrogen-bond acceptors (Lipinski definition) is 3. The Labute approximate surface area is 53.0 Å². The first-order chi connectivity index (χ1) is 4.25. The Morgan fingerprint density at radius 3 is 2.89 bits per heavy atom. The van der Waals surface area contributed by atoms with E-state index in [1.165, 1.54) is 4.90 Å². The molecule has 1 saturated heterocycles. The van der Waals surface area contributed by atoms with Crippen LogP contribution in [0.2, 0.25) is 0 Å². The summed E-state index contributed by atoms with van der Waals surface area (Å²) in [6.45, 7) is 1.96. The van der Waals surface area contributed by atoms with Gasteiger partial charge < -0.3 is 9.84 Å². The summed E-state index contributed by atoms with van der Waals surface area (Å²) in [5.41, 5.74) is 0. The molecule has 0 aliphatic carbocycles. The van der Waals surface area contributed by atoms with Gasteiger partial charge in [0.1, 0.15) is 13.3 Å². The van der Waals surface area contributed by atoms with Crippen molar-refractivity contribution in [3.05, 3.63) is 0 Å². The fourth-order valence-electron chi connectivity index (χ4n) is 0.742. The van der Waals surface area contributed by atoms with Gasteiger partial charge in [-0.1, -0.05) is 0 Å². The lowest BCUT2D eigenvalue weighted by Crippen LogP contribution is -2.31. The van der Waals surface area contributed by atoms with Crippen LogP contribution in [0.1, 0.15) is 6.92 Å². The Hall–Kier alpha value is -0.770. The molecular formula is C5H9NO3. The number of carbonyl (C=O) groups excluding carboxylic acids is 1. The average molecular weight is 131 g/mol. The van der Waals surface area contributed by atoms with Crippen molar-refractivity contribution in [2.45, 2.75) is 13.0 Å². The van der Waals surface area contributed by atoms with Crippen LogP contribution in [-0.2, 0) is 4.74 Å². The first-order valence-corrected chi connectivity index (χ1v) is 2.80. The van der Waals surface area contributed by atoms with E-state index in [0.29, 0.717) is 6.61 Å². The van der Waals surface area contributed by atoms with Crippen LogP contribution in [0, 0.1) is 0 Å². The highest BCUT2D eigenvalue weighted by molar-refractivity contribution is 5.69. The van der Waals surface area contributed by atoms with Gasteiger partial charge in [-0.2, -0.15) is 0 Å². The summed E-state index contributed by atoms with van der Waals surface area (Å²) in [5.74, 6) is 0. The topological polar surface area (TPSA) is 49.8 Å². The quantitative estimate of drug-likeness (QED) is 0.535. The van der Waals surface area contributed by atoms with Gasteiger partial charge >= 0.3 is 6.09 Å². The van der Waals surface area contributed by atoms with E-state index >= 15 is 0 Å². The van der Waals surface area contributed by atoms with Gasteiger partial charge in [0, 0.05) is 0 Å². The van der Waals surface area contributed by atoms with Gasteiger partial charge in [-0.05, 0) is 6.92 Å². The van der Waals surface area contributed by atoms with Crippen molar-refractivity contribution in [1.29, 1.82) is 0 Å². The maximum atomic E-state index is 10.6. The molecular weight excluding hydrogens is 122 g/mol. The Balaban J connectivity index is 2.55. The van der Waals surface area contributed by atoms with Crippen molar-refractivity contribution in [2.75, 3.05) is 13.3 Å². The second-order valence-corrected chi connectivity index (χ2v) is 2.04. The molecule has 1 heterocycles. The molecule has 1 N–H and O–H groups in total. The van der Waals surface area contributed by atoms with Crippen LogP contribution in [0.4, 0.5) is 4.79 Å². The van der Waals surface area contributed by atoms with E-state index in [2.05, 4.69) is 4.74 Å². The summed E-state index contributed by atoms with van der Waals surface area (Å²) in [4.78, 5) is 11.8. The fraction of sp³-hybridized carbons (Fsp3) is 0.800. The van der Waals surface area contributed by atoms with Crippen LogP contribution in [0.15, 0.2) is 0 Å². The first kappa shape index (κ1) is 6.35. The largest absolute Gasteiger partial charge is 0.447 e. The lowest BCUT2D eigenvalue weighted by Gasteiger charge is -2.12. The van der Waals surface area contributed by atoms with Crippen LogP contribution >= 0.6 is 0 Å². The van der Waals surface area contributed by atoms with E-state index in [1.807, 2.05) is 6.92 Å². The summed E-state index contributed by atoms with van der Waals surface area (Å²) in [6, 6.07) is 0.0162. The number of aliphatic hydroxyl groups is 1. The van der Waals surface area contributed by atoms with Gasteiger partial charge in [0.15, 0.2) is 0 Å². The molecule has 0 bridgehead atoms. The SMILES string of the molecule is CC1COC(=O)N1CO. The van der Waals surface area contributed by atoms with E-state index in [9.17, 15) is 4.79 Å². The van der Waals surface area contributed by atoms with Gasteiger partial charge in [-0.15, -0.1) is 0 Å². The van der Waals surface area contributed by atoms with Gasteiger partial charge in [0.25, 0.3) is 0 Å². The molecule has 0 radical (unpaired) electrons. The minimum atomic E-state index is -0.426. The van der Waals surface area contributed by atoms with Crippen LogP contribution < -0.4 is 0 Å². The number of ether oxygens (including phenoxy) is 1. The van der Waals surface area contributed by atoms with Crippen LogP contribution in [0.25, 0.3) is 0 Å². The third kappa shape index (κ3) is 0.977. The maximum absolute atomic E-state index is 10.6. The lowest BCUT2D eigenvalue weighted by molar-refractivity contribution is 0.109. The third-order valence-electron chi connectivity index (χ3n) is 1.37. The minimum Gasteiger partial charge on any atom is -0.447 e. The molecule has 0 aromatic rings. The highest BCUT2D eigenvalue weighted by atomic mass is 16.6. The number of rotatable bonds is 1. The van der Waals surface area contributed by atoms with E-state index in [1.54, 1.807) is 0 Å². The molecule has 1 aliphatic heterocycles. The molecule has 1 atom stereocenters. The van der Waals surface area contributed by atoms with Crippen molar-refractivity contribution in [3.8, 4) is 0 Å². The number of amides is 1. The molecule has 1 amide bonds. The average Bonchev–Trinajstić information content (AvgIpc) is 2.12. The number of nitrogens with zero attached hydrogens (tertiary/aromatic N) is 1. The predicted molar refractivity (Wildman–Crippen MR) is 29.7 cm³/mol. The highest BCUT2D eigenvalue weighted by Gasteiger charge is 2.28. The van der Waals surface area contributed by atoms with Crippen molar-refractivity contribution < 1.29 is 14.6 Å². The first-order valence-electron chi connectivity index (χ1n) is 2.80. The normalized spacial score (nSPS) is 26.7. The Kier molecular flexibility index (Phi) is 1.57. The zero-order chi connectivity index (χ0) is 6.85. The molecule has 1 fully saturated rings. The Bertz CT molecular complexity index is 125. The summed E-state index contributed by atoms with van der Waals surface area (Å²) < 4.78 is 4.60. The molecule has 4 nitrogen and oxygen atoms in total. The third-order valence-corrected chi connectivity index (χ3v) is 1.37. The summed E-state index contributed by atoms with van der Waals surface area (Å²) in [7, 11) is 0. The van der Waals surface area contributed by atoms with Gasteiger partial charge in [0.05, 0.1) is 6.04 Å². The molecule has 0 aromatic carbocycles. The smallest absolute Gasteiger partial charge is 0.412 e. The highest BCUT2D eigenvalue weighted by Crippen LogP contribution is 2.08. The molecule has 1 aliphatic rings.